The summed E-state index contributed by atoms with van der Waals surface area (Å²) < 4.78 is 0.871. The zero-order valence-corrected chi connectivity index (χ0v) is 12.5. The standard InChI is InChI=1S/C13H13BrClNO2/c1-13(2)6-11(17)16(12(13)18)7-8-3-4-9(14)5-10(8)15/h3-5H,6-7H2,1-2H3. The van der Waals surface area contributed by atoms with Crippen LogP contribution in [-0.2, 0) is 16.1 Å². The summed E-state index contributed by atoms with van der Waals surface area (Å²) in [5, 5.41) is 0.551. The van der Waals surface area contributed by atoms with E-state index < -0.39 is 5.41 Å². The second-order valence-electron chi connectivity index (χ2n) is 5.08. The third kappa shape index (κ3) is 2.45. The molecule has 0 saturated carbocycles. The van der Waals surface area contributed by atoms with Gasteiger partial charge in [-0.25, -0.2) is 0 Å². The molecule has 1 aliphatic rings. The van der Waals surface area contributed by atoms with Crippen LogP contribution in [0.4, 0.5) is 0 Å². The van der Waals surface area contributed by atoms with Gasteiger partial charge in [-0.15, -0.1) is 0 Å². The van der Waals surface area contributed by atoms with Crippen molar-refractivity contribution in [3.05, 3.63) is 33.3 Å². The molecule has 3 nitrogen and oxygen atoms in total. The normalized spacial score (nSPS) is 18.6. The van der Waals surface area contributed by atoms with E-state index in [0.29, 0.717) is 5.02 Å². The number of benzene rings is 1. The average Bonchev–Trinajstić information content (AvgIpc) is 2.44. The topological polar surface area (TPSA) is 37.4 Å². The number of carbonyl (C=O) groups is 2. The summed E-state index contributed by atoms with van der Waals surface area (Å²) in [6, 6.07) is 5.42. The van der Waals surface area contributed by atoms with Gasteiger partial charge in [0.2, 0.25) is 11.8 Å². The molecular formula is C13H13BrClNO2. The maximum absolute atomic E-state index is 12.1. The Kier molecular flexibility index (Phi) is 3.52. The average molecular weight is 331 g/mol. The number of likely N-dealkylation sites (tertiary alicyclic amines) is 1. The molecule has 0 atom stereocenters. The maximum Gasteiger partial charge on any atom is 0.235 e. The fraction of sp³-hybridized carbons (Fsp3) is 0.385. The molecule has 0 spiro atoms. The number of hydrogen-bond donors (Lipinski definition) is 0. The number of hydrogen-bond acceptors (Lipinski definition) is 2. The Morgan fingerprint density at radius 1 is 1.39 bits per heavy atom. The first kappa shape index (κ1) is 13.6. The van der Waals surface area contributed by atoms with Crippen LogP contribution in [0.15, 0.2) is 22.7 Å². The Bertz CT molecular complexity index is 528. The maximum atomic E-state index is 12.1. The number of halogens is 2. The Morgan fingerprint density at radius 2 is 2.06 bits per heavy atom. The highest BCUT2D eigenvalue weighted by Crippen LogP contribution is 2.33. The van der Waals surface area contributed by atoms with E-state index in [2.05, 4.69) is 15.9 Å². The number of nitrogens with zero attached hydrogens (tertiary/aromatic N) is 1. The van der Waals surface area contributed by atoms with Gasteiger partial charge in [-0.05, 0) is 17.7 Å². The first-order valence-corrected chi connectivity index (χ1v) is 6.77. The predicted molar refractivity (Wildman–Crippen MR) is 73.1 cm³/mol. The molecule has 2 amide bonds. The lowest BCUT2D eigenvalue weighted by molar-refractivity contribution is -0.141. The van der Waals surface area contributed by atoms with Gasteiger partial charge in [-0.2, -0.15) is 0 Å². The van der Waals surface area contributed by atoms with Gasteiger partial charge in [0.25, 0.3) is 0 Å². The molecule has 1 saturated heterocycles. The molecule has 0 unspecified atom stereocenters. The van der Waals surface area contributed by atoms with Crippen LogP contribution in [0.5, 0.6) is 0 Å². The summed E-state index contributed by atoms with van der Waals surface area (Å²) in [5.74, 6) is -0.268. The first-order chi connectivity index (χ1) is 8.31. The minimum Gasteiger partial charge on any atom is -0.278 e. The van der Waals surface area contributed by atoms with Crippen LogP contribution in [0.25, 0.3) is 0 Å². The highest BCUT2D eigenvalue weighted by atomic mass is 79.9. The third-order valence-corrected chi connectivity index (χ3v) is 3.91. The molecular weight excluding hydrogens is 318 g/mol. The molecule has 2 rings (SSSR count). The Labute approximate surface area is 119 Å². The Balaban J connectivity index is 2.24. The summed E-state index contributed by atoms with van der Waals surface area (Å²) in [6.07, 6.45) is 0.264. The second kappa shape index (κ2) is 4.67. The molecule has 5 heteroatoms. The zero-order chi connectivity index (χ0) is 13.5. The number of rotatable bonds is 2. The van der Waals surface area contributed by atoms with Gasteiger partial charge in [0.15, 0.2) is 0 Å². The molecule has 18 heavy (non-hydrogen) atoms. The van der Waals surface area contributed by atoms with Crippen molar-refractivity contribution >= 4 is 39.3 Å². The quantitative estimate of drug-likeness (QED) is 0.780. The van der Waals surface area contributed by atoms with E-state index in [0.717, 1.165) is 10.0 Å². The van der Waals surface area contributed by atoms with Crippen molar-refractivity contribution in [3.63, 3.8) is 0 Å². The predicted octanol–water partition coefficient (Wildman–Crippen LogP) is 3.39. The molecule has 0 bridgehead atoms. The van der Waals surface area contributed by atoms with Crippen LogP contribution in [-0.4, -0.2) is 16.7 Å². The van der Waals surface area contributed by atoms with Crippen molar-refractivity contribution in [2.75, 3.05) is 0 Å². The zero-order valence-electron chi connectivity index (χ0n) is 10.2. The minimum atomic E-state index is -0.598. The van der Waals surface area contributed by atoms with Crippen LogP contribution in [0.2, 0.25) is 5.02 Å². The van der Waals surface area contributed by atoms with Gasteiger partial charge in [0.1, 0.15) is 0 Å². The summed E-state index contributed by atoms with van der Waals surface area (Å²) in [4.78, 5) is 25.2. The van der Waals surface area contributed by atoms with Crippen LogP contribution < -0.4 is 0 Å². The van der Waals surface area contributed by atoms with Gasteiger partial charge in [0, 0.05) is 15.9 Å². The first-order valence-electron chi connectivity index (χ1n) is 5.60. The van der Waals surface area contributed by atoms with E-state index in [1.54, 1.807) is 19.9 Å². The molecule has 1 heterocycles. The fourth-order valence-electron chi connectivity index (χ4n) is 2.01. The number of carbonyl (C=O) groups excluding carboxylic acids is 2. The van der Waals surface area contributed by atoms with E-state index in [1.165, 1.54) is 4.90 Å². The van der Waals surface area contributed by atoms with Gasteiger partial charge in [-0.1, -0.05) is 47.4 Å². The lowest BCUT2D eigenvalue weighted by Gasteiger charge is -2.18. The van der Waals surface area contributed by atoms with Crippen LogP contribution in [0.1, 0.15) is 25.8 Å². The van der Waals surface area contributed by atoms with Crippen LogP contribution in [0, 0.1) is 5.41 Å². The lowest BCUT2D eigenvalue weighted by Crippen LogP contribution is -2.32. The summed E-state index contributed by atoms with van der Waals surface area (Å²) in [5.41, 5.74) is 0.179. The van der Waals surface area contributed by atoms with Crippen molar-refractivity contribution in [1.82, 2.24) is 4.90 Å². The van der Waals surface area contributed by atoms with Crippen molar-refractivity contribution in [2.24, 2.45) is 5.41 Å². The summed E-state index contributed by atoms with van der Waals surface area (Å²) >= 11 is 9.41. The van der Waals surface area contributed by atoms with E-state index >= 15 is 0 Å². The third-order valence-electron chi connectivity index (χ3n) is 3.06. The highest BCUT2D eigenvalue weighted by molar-refractivity contribution is 9.10. The molecule has 1 aliphatic heterocycles. The molecule has 0 radical (unpaired) electrons. The van der Waals surface area contributed by atoms with Crippen LogP contribution >= 0.6 is 27.5 Å². The molecule has 1 aromatic carbocycles. The molecule has 1 aromatic rings. The number of amides is 2. The van der Waals surface area contributed by atoms with E-state index in [1.807, 2.05) is 12.1 Å². The Hall–Kier alpha value is -0.870. The van der Waals surface area contributed by atoms with Gasteiger partial charge >= 0.3 is 0 Å². The lowest BCUT2D eigenvalue weighted by atomic mass is 9.92. The monoisotopic (exact) mass is 329 g/mol. The molecule has 0 N–H and O–H groups in total. The number of imide groups is 1. The van der Waals surface area contributed by atoms with Gasteiger partial charge in [0.05, 0.1) is 12.0 Å². The van der Waals surface area contributed by atoms with Gasteiger partial charge in [-0.3, -0.25) is 14.5 Å². The van der Waals surface area contributed by atoms with E-state index in [4.69, 9.17) is 11.6 Å². The molecule has 0 aliphatic carbocycles. The smallest absolute Gasteiger partial charge is 0.235 e. The second-order valence-corrected chi connectivity index (χ2v) is 6.40. The summed E-state index contributed by atoms with van der Waals surface area (Å²) in [7, 11) is 0. The highest BCUT2D eigenvalue weighted by Gasteiger charge is 2.44. The largest absolute Gasteiger partial charge is 0.278 e. The van der Waals surface area contributed by atoms with Crippen molar-refractivity contribution in [1.29, 1.82) is 0 Å². The molecule has 96 valence electrons. The summed E-state index contributed by atoms with van der Waals surface area (Å²) in [6.45, 7) is 3.82. The Morgan fingerprint density at radius 3 is 2.56 bits per heavy atom. The van der Waals surface area contributed by atoms with Crippen molar-refractivity contribution < 1.29 is 9.59 Å². The van der Waals surface area contributed by atoms with Crippen molar-refractivity contribution in [2.45, 2.75) is 26.8 Å². The SMILES string of the molecule is CC1(C)CC(=O)N(Cc2ccc(Br)cc2Cl)C1=O. The molecule has 1 fully saturated rings. The van der Waals surface area contributed by atoms with Gasteiger partial charge < -0.3 is 0 Å². The fourth-order valence-corrected chi connectivity index (χ4v) is 2.74. The van der Waals surface area contributed by atoms with E-state index in [9.17, 15) is 9.59 Å². The van der Waals surface area contributed by atoms with Crippen molar-refractivity contribution in [3.8, 4) is 0 Å². The molecule has 0 aromatic heterocycles. The minimum absolute atomic E-state index is 0.133. The van der Waals surface area contributed by atoms with Crippen LogP contribution in [0.3, 0.4) is 0 Å². The van der Waals surface area contributed by atoms with E-state index in [-0.39, 0.29) is 24.8 Å².